The quantitative estimate of drug-likeness (QED) is 0.782. The molecule has 0 radical (unpaired) electrons. The Hall–Kier alpha value is -0.880. The molecule has 18 heavy (non-hydrogen) atoms. The van der Waals surface area contributed by atoms with Crippen molar-refractivity contribution in [2.75, 3.05) is 46.8 Å². The van der Waals surface area contributed by atoms with Crippen LogP contribution in [-0.4, -0.2) is 67.8 Å². The van der Waals surface area contributed by atoms with Crippen molar-refractivity contribution in [1.29, 1.82) is 0 Å². The van der Waals surface area contributed by atoms with Crippen molar-refractivity contribution < 1.29 is 9.52 Å². The molecule has 5 heteroatoms. The molecule has 0 aromatic carbocycles. The van der Waals surface area contributed by atoms with E-state index in [-0.39, 0.29) is 0 Å². The van der Waals surface area contributed by atoms with E-state index in [0.717, 1.165) is 26.2 Å². The molecule has 1 saturated heterocycles. The smallest absolute Gasteiger partial charge is 0.133 e. The highest BCUT2D eigenvalue weighted by Crippen LogP contribution is 2.12. The van der Waals surface area contributed by atoms with Crippen LogP contribution in [-0.2, 0) is 0 Å². The summed E-state index contributed by atoms with van der Waals surface area (Å²) in [5.74, 6) is 0.622. The number of aliphatic hydroxyl groups excluding tert-OH is 1. The van der Waals surface area contributed by atoms with Crippen molar-refractivity contribution in [3.05, 3.63) is 24.2 Å². The van der Waals surface area contributed by atoms with E-state index in [1.54, 1.807) is 18.4 Å². The molecule has 0 bridgehead atoms. The van der Waals surface area contributed by atoms with Gasteiger partial charge in [-0.2, -0.15) is 0 Å². The van der Waals surface area contributed by atoms with E-state index >= 15 is 0 Å². The van der Waals surface area contributed by atoms with Gasteiger partial charge in [0, 0.05) is 38.8 Å². The fourth-order valence-corrected chi connectivity index (χ4v) is 2.29. The SMILES string of the molecule is CN1CCN(C)C(CNCC(O)c2ccco2)C1. The third-order valence-electron chi connectivity index (χ3n) is 3.57. The standard InChI is InChI=1S/C13H23N3O2/c1-15-5-6-16(2)11(10-15)8-14-9-12(17)13-4-3-7-18-13/h3-4,7,11-12,14,17H,5-6,8-10H2,1-2H3. The molecule has 0 amide bonds. The summed E-state index contributed by atoms with van der Waals surface area (Å²) < 4.78 is 5.17. The van der Waals surface area contributed by atoms with Gasteiger partial charge in [0.25, 0.3) is 0 Å². The lowest BCUT2D eigenvalue weighted by Gasteiger charge is -2.37. The Kier molecular flexibility index (Phi) is 4.77. The van der Waals surface area contributed by atoms with Crippen LogP contribution in [0, 0.1) is 0 Å². The fourth-order valence-electron chi connectivity index (χ4n) is 2.29. The first kappa shape index (κ1) is 13.5. The molecule has 2 rings (SSSR count). The van der Waals surface area contributed by atoms with Crippen LogP contribution in [0.25, 0.3) is 0 Å². The molecule has 0 aliphatic carbocycles. The topological polar surface area (TPSA) is 51.9 Å². The molecule has 1 aromatic rings. The number of hydrogen-bond donors (Lipinski definition) is 2. The van der Waals surface area contributed by atoms with Gasteiger partial charge in [0.1, 0.15) is 11.9 Å². The summed E-state index contributed by atoms with van der Waals surface area (Å²) in [5, 5.41) is 13.2. The summed E-state index contributed by atoms with van der Waals surface area (Å²) in [6.07, 6.45) is 1.02. The Morgan fingerprint density at radius 3 is 3.06 bits per heavy atom. The van der Waals surface area contributed by atoms with Gasteiger partial charge in [-0.1, -0.05) is 0 Å². The Morgan fingerprint density at radius 1 is 1.50 bits per heavy atom. The van der Waals surface area contributed by atoms with Crippen LogP contribution in [0.1, 0.15) is 11.9 Å². The second-order valence-electron chi connectivity index (χ2n) is 5.09. The van der Waals surface area contributed by atoms with Crippen molar-refractivity contribution in [2.45, 2.75) is 12.1 Å². The minimum Gasteiger partial charge on any atom is -0.467 e. The predicted molar refractivity (Wildman–Crippen MR) is 70.5 cm³/mol. The second kappa shape index (κ2) is 6.33. The normalized spacial score (nSPS) is 24.3. The average molecular weight is 253 g/mol. The van der Waals surface area contributed by atoms with Gasteiger partial charge in [0.2, 0.25) is 0 Å². The number of piperazine rings is 1. The molecule has 1 fully saturated rings. The van der Waals surface area contributed by atoms with Gasteiger partial charge in [-0.15, -0.1) is 0 Å². The van der Waals surface area contributed by atoms with E-state index in [9.17, 15) is 5.11 Å². The Balaban J connectivity index is 1.71. The zero-order valence-electron chi connectivity index (χ0n) is 11.2. The molecule has 5 nitrogen and oxygen atoms in total. The molecule has 2 unspecified atom stereocenters. The zero-order valence-corrected chi connectivity index (χ0v) is 11.2. The summed E-state index contributed by atoms with van der Waals surface area (Å²) >= 11 is 0. The minimum atomic E-state index is -0.563. The highest BCUT2D eigenvalue weighted by atomic mass is 16.4. The first-order valence-corrected chi connectivity index (χ1v) is 6.48. The van der Waals surface area contributed by atoms with Gasteiger partial charge >= 0.3 is 0 Å². The lowest BCUT2D eigenvalue weighted by atomic mass is 10.2. The van der Waals surface area contributed by atoms with E-state index in [4.69, 9.17) is 4.42 Å². The maximum atomic E-state index is 9.88. The number of hydrogen-bond acceptors (Lipinski definition) is 5. The van der Waals surface area contributed by atoms with Crippen LogP contribution in [0.15, 0.2) is 22.8 Å². The van der Waals surface area contributed by atoms with Crippen LogP contribution in [0.5, 0.6) is 0 Å². The summed E-state index contributed by atoms with van der Waals surface area (Å²) in [5.41, 5.74) is 0. The molecule has 0 spiro atoms. The number of aliphatic hydroxyl groups is 1. The fraction of sp³-hybridized carbons (Fsp3) is 0.692. The first-order valence-electron chi connectivity index (χ1n) is 6.48. The van der Waals surface area contributed by atoms with E-state index in [1.807, 2.05) is 0 Å². The number of furan rings is 1. The Morgan fingerprint density at radius 2 is 2.33 bits per heavy atom. The predicted octanol–water partition coefficient (Wildman–Crippen LogP) is 0.148. The maximum absolute atomic E-state index is 9.88. The van der Waals surface area contributed by atoms with Gasteiger partial charge in [-0.25, -0.2) is 0 Å². The second-order valence-corrected chi connectivity index (χ2v) is 5.09. The lowest BCUT2D eigenvalue weighted by Crippen LogP contribution is -2.54. The van der Waals surface area contributed by atoms with E-state index in [1.165, 1.54) is 0 Å². The van der Waals surface area contributed by atoms with Crippen LogP contribution in [0.4, 0.5) is 0 Å². The highest BCUT2D eigenvalue weighted by Gasteiger charge is 2.22. The highest BCUT2D eigenvalue weighted by molar-refractivity contribution is 5.02. The average Bonchev–Trinajstić information content (AvgIpc) is 2.87. The van der Waals surface area contributed by atoms with Crippen molar-refractivity contribution in [3.63, 3.8) is 0 Å². The molecular weight excluding hydrogens is 230 g/mol. The first-order chi connectivity index (χ1) is 8.66. The molecule has 1 aromatic heterocycles. The third kappa shape index (κ3) is 3.55. The minimum absolute atomic E-state index is 0.507. The monoisotopic (exact) mass is 253 g/mol. The third-order valence-corrected chi connectivity index (χ3v) is 3.57. The van der Waals surface area contributed by atoms with Crippen molar-refractivity contribution in [1.82, 2.24) is 15.1 Å². The zero-order chi connectivity index (χ0) is 13.0. The Labute approximate surface area is 108 Å². The molecule has 2 N–H and O–H groups in total. The molecular formula is C13H23N3O2. The van der Waals surface area contributed by atoms with Crippen LogP contribution < -0.4 is 5.32 Å². The Bertz CT molecular complexity index is 342. The van der Waals surface area contributed by atoms with Crippen molar-refractivity contribution in [3.8, 4) is 0 Å². The van der Waals surface area contributed by atoms with Gasteiger partial charge in [0.05, 0.1) is 6.26 Å². The number of likely N-dealkylation sites (N-methyl/N-ethyl adjacent to an activating group) is 2. The summed E-state index contributed by atoms with van der Waals surface area (Å²) in [6, 6.07) is 4.10. The van der Waals surface area contributed by atoms with Gasteiger partial charge in [-0.3, -0.25) is 4.90 Å². The maximum Gasteiger partial charge on any atom is 0.133 e. The largest absolute Gasteiger partial charge is 0.467 e. The number of rotatable bonds is 5. The summed E-state index contributed by atoms with van der Waals surface area (Å²) in [7, 11) is 4.31. The summed E-state index contributed by atoms with van der Waals surface area (Å²) in [4.78, 5) is 4.71. The van der Waals surface area contributed by atoms with E-state index < -0.39 is 6.10 Å². The van der Waals surface area contributed by atoms with Crippen LogP contribution >= 0.6 is 0 Å². The van der Waals surface area contributed by atoms with Gasteiger partial charge < -0.3 is 19.7 Å². The molecule has 1 aliphatic heterocycles. The van der Waals surface area contributed by atoms with E-state index in [2.05, 4.69) is 29.2 Å². The molecule has 2 atom stereocenters. The van der Waals surface area contributed by atoms with Gasteiger partial charge in [0.15, 0.2) is 0 Å². The molecule has 0 saturated carbocycles. The van der Waals surface area contributed by atoms with Gasteiger partial charge in [-0.05, 0) is 26.2 Å². The molecule has 1 aliphatic rings. The van der Waals surface area contributed by atoms with Crippen molar-refractivity contribution in [2.24, 2.45) is 0 Å². The lowest BCUT2D eigenvalue weighted by molar-refractivity contribution is 0.104. The van der Waals surface area contributed by atoms with E-state index in [0.29, 0.717) is 18.3 Å². The molecule has 2 heterocycles. The van der Waals surface area contributed by atoms with Crippen LogP contribution in [0.2, 0.25) is 0 Å². The molecule has 102 valence electrons. The number of nitrogens with one attached hydrogen (secondary N) is 1. The van der Waals surface area contributed by atoms with Crippen molar-refractivity contribution >= 4 is 0 Å². The van der Waals surface area contributed by atoms with Crippen LogP contribution in [0.3, 0.4) is 0 Å². The number of nitrogens with zero attached hydrogens (tertiary/aromatic N) is 2. The summed E-state index contributed by atoms with van der Waals surface area (Å²) in [6.45, 7) is 4.71.